The van der Waals surface area contributed by atoms with E-state index in [1.54, 1.807) is 12.1 Å². The summed E-state index contributed by atoms with van der Waals surface area (Å²) in [6.45, 7) is 7.25. The van der Waals surface area contributed by atoms with Gasteiger partial charge in [0.25, 0.3) is 0 Å². The Balaban J connectivity index is 1.69. The minimum absolute atomic E-state index is 0.258. The fourth-order valence-electron chi connectivity index (χ4n) is 2.39. The highest BCUT2D eigenvalue weighted by Gasteiger charge is 2.23. The second kappa shape index (κ2) is 6.95. The smallest absolute Gasteiger partial charge is 0.127 e. The molecule has 1 unspecified atom stereocenters. The Morgan fingerprint density at radius 3 is 2.95 bits per heavy atom. The molecule has 2 rings (SSSR count). The van der Waals surface area contributed by atoms with Gasteiger partial charge in [0.1, 0.15) is 18.1 Å². The zero-order chi connectivity index (χ0) is 14.5. The molecule has 0 saturated carbocycles. The van der Waals surface area contributed by atoms with Crippen molar-refractivity contribution in [1.82, 2.24) is 10.2 Å². The number of rotatable bonds is 7. The molecule has 1 aromatic carbocycles. The normalized spacial score (nSPS) is 17.6. The molecule has 0 fully saturated rings. The van der Waals surface area contributed by atoms with Crippen LogP contribution in [0.1, 0.15) is 38.3 Å². The number of nitrogens with one attached hydrogen (secondary N) is 1. The van der Waals surface area contributed by atoms with Crippen molar-refractivity contribution in [2.45, 2.75) is 38.8 Å². The van der Waals surface area contributed by atoms with Crippen LogP contribution in [0.25, 0.3) is 0 Å². The Morgan fingerprint density at radius 2 is 2.20 bits per heavy atom. The summed E-state index contributed by atoms with van der Waals surface area (Å²) in [7, 11) is 2.17. The number of benzene rings is 1. The molecule has 0 radical (unpaired) electrons. The highest BCUT2D eigenvalue weighted by molar-refractivity contribution is 5.44. The lowest BCUT2D eigenvalue weighted by Gasteiger charge is -2.20. The molecule has 1 aromatic rings. The first-order valence-electron chi connectivity index (χ1n) is 7.47. The van der Waals surface area contributed by atoms with Crippen molar-refractivity contribution in [2.24, 2.45) is 0 Å². The molecule has 0 aliphatic carbocycles. The first-order valence-corrected chi connectivity index (χ1v) is 7.47. The summed E-state index contributed by atoms with van der Waals surface area (Å²) in [5, 5.41) is 13.0. The molecule has 1 atom stereocenters. The summed E-state index contributed by atoms with van der Waals surface area (Å²) in [4.78, 5) is 2.37. The minimum atomic E-state index is 0.258. The van der Waals surface area contributed by atoms with E-state index in [9.17, 15) is 5.11 Å². The highest BCUT2D eigenvalue weighted by atomic mass is 16.5. The molecule has 0 aromatic heterocycles. The van der Waals surface area contributed by atoms with Gasteiger partial charge in [-0.15, -0.1) is 0 Å². The number of ether oxygens (including phenoxy) is 1. The number of hydrogen-bond donors (Lipinski definition) is 2. The fourth-order valence-corrected chi connectivity index (χ4v) is 2.39. The van der Waals surface area contributed by atoms with Crippen molar-refractivity contribution in [1.29, 1.82) is 0 Å². The third-order valence-corrected chi connectivity index (χ3v) is 3.99. The van der Waals surface area contributed by atoms with Gasteiger partial charge in [0, 0.05) is 17.7 Å². The Morgan fingerprint density at radius 1 is 1.40 bits per heavy atom. The van der Waals surface area contributed by atoms with Crippen molar-refractivity contribution >= 4 is 0 Å². The van der Waals surface area contributed by atoms with Crippen LogP contribution in [0.15, 0.2) is 18.2 Å². The topological polar surface area (TPSA) is 44.7 Å². The number of unbranched alkanes of at least 4 members (excludes halogenated alkanes) is 1. The minimum Gasteiger partial charge on any atom is -0.508 e. The fraction of sp³-hybridized carbons (Fsp3) is 0.625. The third kappa shape index (κ3) is 3.87. The van der Waals surface area contributed by atoms with Crippen LogP contribution >= 0.6 is 0 Å². The van der Waals surface area contributed by atoms with Gasteiger partial charge in [-0.25, -0.2) is 0 Å². The molecule has 4 nitrogen and oxygen atoms in total. The zero-order valence-corrected chi connectivity index (χ0v) is 12.7. The van der Waals surface area contributed by atoms with Gasteiger partial charge in [0.2, 0.25) is 0 Å². The van der Waals surface area contributed by atoms with E-state index in [2.05, 4.69) is 31.1 Å². The van der Waals surface area contributed by atoms with E-state index < -0.39 is 0 Å². The van der Waals surface area contributed by atoms with Crippen molar-refractivity contribution in [3.8, 4) is 11.5 Å². The molecule has 1 heterocycles. The second-order valence-corrected chi connectivity index (χ2v) is 5.82. The second-order valence-electron chi connectivity index (χ2n) is 5.82. The monoisotopic (exact) mass is 278 g/mol. The standard InChI is InChI=1S/C16H26N2O2/c1-12(2)18(3)9-5-4-8-17-15-11-20-16-10-13(19)6-7-14(15)16/h6-7,10,12,15,17,19H,4-5,8-9,11H2,1-3H3. The van der Waals surface area contributed by atoms with Gasteiger partial charge < -0.3 is 20.1 Å². The maximum Gasteiger partial charge on any atom is 0.127 e. The lowest BCUT2D eigenvalue weighted by atomic mass is 10.1. The molecule has 112 valence electrons. The molecule has 4 heteroatoms. The van der Waals surface area contributed by atoms with Crippen LogP contribution in [-0.2, 0) is 0 Å². The number of fused-ring (bicyclic) bond motifs is 1. The lowest BCUT2D eigenvalue weighted by Crippen LogP contribution is -2.28. The predicted octanol–water partition coefficient (Wildman–Crippen LogP) is 2.54. The van der Waals surface area contributed by atoms with Crippen molar-refractivity contribution in [3.63, 3.8) is 0 Å². The molecule has 20 heavy (non-hydrogen) atoms. The third-order valence-electron chi connectivity index (χ3n) is 3.99. The molecule has 1 aliphatic heterocycles. The summed E-state index contributed by atoms with van der Waals surface area (Å²) in [5.74, 6) is 1.07. The van der Waals surface area contributed by atoms with Gasteiger partial charge in [-0.3, -0.25) is 0 Å². The molecule has 2 N–H and O–H groups in total. The number of hydrogen-bond acceptors (Lipinski definition) is 4. The maximum atomic E-state index is 9.42. The van der Waals surface area contributed by atoms with Gasteiger partial charge in [-0.05, 0) is 59.0 Å². The van der Waals surface area contributed by atoms with Crippen molar-refractivity contribution in [3.05, 3.63) is 23.8 Å². The van der Waals surface area contributed by atoms with Crippen LogP contribution in [0.3, 0.4) is 0 Å². The molecular weight excluding hydrogens is 252 g/mol. The molecule has 0 bridgehead atoms. The van der Waals surface area contributed by atoms with E-state index in [4.69, 9.17) is 4.74 Å². The van der Waals surface area contributed by atoms with Crippen molar-refractivity contribution in [2.75, 3.05) is 26.7 Å². The van der Waals surface area contributed by atoms with E-state index in [1.807, 2.05) is 6.07 Å². The number of phenolic OH excluding ortho intramolecular Hbond substituents is 1. The van der Waals surface area contributed by atoms with E-state index in [1.165, 1.54) is 12.8 Å². The quantitative estimate of drug-likeness (QED) is 0.752. The SMILES string of the molecule is CC(C)N(C)CCCCNC1COc2cc(O)ccc21. The average molecular weight is 278 g/mol. The number of aromatic hydroxyl groups is 1. The Kier molecular flexibility index (Phi) is 5.26. The van der Waals surface area contributed by atoms with E-state index in [0.29, 0.717) is 12.6 Å². The van der Waals surface area contributed by atoms with Crippen LogP contribution in [0.4, 0.5) is 0 Å². The predicted molar refractivity (Wildman–Crippen MR) is 81.3 cm³/mol. The zero-order valence-electron chi connectivity index (χ0n) is 12.7. The largest absolute Gasteiger partial charge is 0.508 e. The molecule has 1 aliphatic rings. The lowest BCUT2D eigenvalue weighted by molar-refractivity contribution is 0.265. The maximum absolute atomic E-state index is 9.42. The summed E-state index contributed by atoms with van der Waals surface area (Å²) in [6.07, 6.45) is 2.37. The summed E-state index contributed by atoms with van der Waals surface area (Å²) < 4.78 is 5.59. The number of phenols is 1. The van der Waals surface area contributed by atoms with Gasteiger partial charge in [0.15, 0.2) is 0 Å². The van der Waals surface area contributed by atoms with Gasteiger partial charge in [-0.2, -0.15) is 0 Å². The summed E-state index contributed by atoms with van der Waals surface area (Å²) in [6, 6.07) is 6.23. The van der Waals surface area contributed by atoms with Gasteiger partial charge in [0.05, 0.1) is 6.04 Å². The van der Waals surface area contributed by atoms with Crippen LogP contribution in [0, 0.1) is 0 Å². The van der Waals surface area contributed by atoms with Gasteiger partial charge >= 0.3 is 0 Å². The Bertz CT molecular complexity index is 434. The molecule has 0 spiro atoms. The van der Waals surface area contributed by atoms with Crippen LogP contribution < -0.4 is 10.1 Å². The summed E-state index contributed by atoms with van der Waals surface area (Å²) in [5.41, 5.74) is 1.15. The van der Waals surface area contributed by atoms with Crippen LogP contribution in [-0.4, -0.2) is 42.8 Å². The highest BCUT2D eigenvalue weighted by Crippen LogP contribution is 2.34. The average Bonchev–Trinajstić information content (AvgIpc) is 2.80. The molecular formula is C16H26N2O2. The first kappa shape index (κ1) is 15.1. The Labute approximate surface area is 121 Å². The summed E-state index contributed by atoms with van der Waals surface area (Å²) >= 11 is 0. The van der Waals surface area contributed by atoms with Gasteiger partial charge in [-0.1, -0.05) is 0 Å². The van der Waals surface area contributed by atoms with Crippen LogP contribution in [0.2, 0.25) is 0 Å². The van der Waals surface area contributed by atoms with E-state index in [0.717, 1.165) is 24.4 Å². The first-order chi connectivity index (χ1) is 9.58. The molecule has 0 saturated heterocycles. The van der Waals surface area contributed by atoms with E-state index in [-0.39, 0.29) is 11.8 Å². The van der Waals surface area contributed by atoms with Crippen LogP contribution in [0.5, 0.6) is 11.5 Å². The van der Waals surface area contributed by atoms with Crippen molar-refractivity contribution < 1.29 is 9.84 Å². The van der Waals surface area contributed by atoms with E-state index >= 15 is 0 Å². The molecule has 0 amide bonds. The number of nitrogens with zero attached hydrogens (tertiary/aromatic N) is 1. The Hall–Kier alpha value is -1.26.